The van der Waals surface area contributed by atoms with E-state index in [2.05, 4.69) is 4.98 Å². The van der Waals surface area contributed by atoms with Crippen LogP contribution in [0.25, 0.3) is 5.65 Å². The number of benzene rings is 1. The van der Waals surface area contributed by atoms with Gasteiger partial charge in [0.25, 0.3) is 0 Å². The molecule has 124 valence electrons. The molecule has 0 fully saturated rings. The van der Waals surface area contributed by atoms with Crippen molar-refractivity contribution in [1.82, 2.24) is 14.0 Å². The molecule has 10 heteroatoms. The van der Waals surface area contributed by atoms with E-state index in [0.717, 1.165) is 22.9 Å². The maximum absolute atomic E-state index is 12.7. The van der Waals surface area contributed by atoms with E-state index in [-0.39, 0.29) is 17.8 Å². The fraction of sp³-hybridized carbons (Fsp3) is 0.143. The van der Waals surface area contributed by atoms with Crippen molar-refractivity contribution >= 4 is 11.5 Å². The molecule has 0 atom stereocenters. The molecule has 0 unspecified atom stereocenters. The largest absolute Gasteiger partial charge is 0.416 e. The summed E-state index contributed by atoms with van der Waals surface area (Å²) in [6.45, 7) is -0.111. The van der Waals surface area contributed by atoms with E-state index >= 15 is 0 Å². The van der Waals surface area contributed by atoms with Crippen molar-refractivity contribution in [1.29, 1.82) is 0 Å². The van der Waals surface area contributed by atoms with Gasteiger partial charge in [0.2, 0.25) is 0 Å². The van der Waals surface area contributed by atoms with E-state index < -0.39 is 28.0 Å². The van der Waals surface area contributed by atoms with Crippen LogP contribution in [-0.4, -0.2) is 18.9 Å². The number of alkyl halides is 3. The fourth-order valence-electron chi connectivity index (χ4n) is 2.26. The molecule has 24 heavy (non-hydrogen) atoms. The van der Waals surface area contributed by atoms with Gasteiger partial charge in [-0.15, -0.1) is 0 Å². The second kappa shape index (κ2) is 5.48. The Hall–Kier alpha value is -3.17. The van der Waals surface area contributed by atoms with Crippen molar-refractivity contribution in [3.05, 3.63) is 74.5 Å². The molecule has 0 saturated carbocycles. The highest BCUT2D eigenvalue weighted by Gasteiger charge is 2.30. The summed E-state index contributed by atoms with van der Waals surface area (Å²) in [5.74, 6) is -0.482. The maximum atomic E-state index is 12.7. The lowest BCUT2D eigenvalue weighted by Crippen LogP contribution is -2.22. The normalized spacial score (nSPS) is 11.8. The number of rotatable bonds is 3. The highest BCUT2D eigenvalue weighted by molar-refractivity contribution is 5.41. The summed E-state index contributed by atoms with van der Waals surface area (Å²) in [6, 6.07) is 4.60. The monoisotopic (exact) mass is 338 g/mol. The Morgan fingerprint density at radius 2 is 2.00 bits per heavy atom. The Bertz CT molecular complexity index is 991. The molecule has 0 aliphatic rings. The van der Waals surface area contributed by atoms with Gasteiger partial charge in [0.15, 0.2) is 0 Å². The van der Waals surface area contributed by atoms with E-state index in [0.29, 0.717) is 0 Å². The van der Waals surface area contributed by atoms with Gasteiger partial charge in [-0.2, -0.15) is 13.2 Å². The molecule has 0 aliphatic carbocycles. The molecule has 3 rings (SSSR count). The van der Waals surface area contributed by atoms with Gasteiger partial charge in [0.1, 0.15) is 6.20 Å². The quantitative estimate of drug-likeness (QED) is 0.543. The smallest absolute Gasteiger partial charge is 0.358 e. The first-order valence-electron chi connectivity index (χ1n) is 6.64. The second-order valence-electron chi connectivity index (χ2n) is 5.02. The molecule has 2 aromatic heterocycles. The van der Waals surface area contributed by atoms with Crippen LogP contribution in [0.15, 0.2) is 47.7 Å². The second-order valence-corrected chi connectivity index (χ2v) is 5.02. The van der Waals surface area contributed by atoms with E-state index in [1.807, 2.05) is 0 Å². The fourth-order valence-corrected chi connectivity index (χ4v) is 2.26. The molecular weight excluding hydrogens is 329 g/mol. The van der Waals surface area contributed by atoms with Gasteiger partial charge < -0.3 is 14.7 Å². The van der Waals surface area contributed by atoms with E-state index in [4.69, 9.17) is 0 Å². The molecule has 7 nitrogen and oxygen atoms in total. The Balaban J connectivity index is 2.00. The number of aromatic nitrogens is 3. The molecule has 0 N–H and O–H groups in total. The minimum Gasteiger partial charge on any atom is -0.358 e. The lowest BCUT2D eigenvalue weighted by atomic mass is 10.1. The summed E-state index contributed by atoms with van der Waals surface area (Å²) >= 11 is 0. The van der Waals surface area contributed by atoms with Gasteiger partial charge in [0, 0.05) is 12.4 Å². The van der Waals surface area contributed by atoms with Crippen molar-refractivity contribution in [3.8, 4) is 0 Å². The number of nitrogens with zero attached hydrogens (tertiary/aromatic N) is 4. The van der Waals surface area contributed by atoms with Crippen LogP contribution >= 0.6 is 0 Å². The third kappa shape index (κ3) is 2.85. The summed E-state index contributed by atoms with van der Waals surface area (Å²) in [6.07, 6.45) is -0.675. The van der Waals surface area contributed by atoms with Crippen molar-refractivity contribution < 1.29 is 18.1 Å². The molecule has 0 spiro atoms. The zero-order valence-electron chi connectivity index (χ0n) is 11.9. The van der Waals surface area contributed by atoms with E-state index in [9.17, 15) is 28.1 Å². The SMILES string of the molecule is O=c1c2nc([N+](=O)[O-])cn2ccn1Cc1cccc(C(F)(F)F)c1. The zero-order chi connectivity index (χ0) is 17.5. The van der Waals surface area contributed by atoms with Crippen LogP contribution in [0.4, 0.5) is 19.0 Å². The van der Waals surface area contributed by atoms with Gasteiger partial charge in [-0.25, -0.2) is 0 Å². The van der Waals surface area contributed by atoms with Gasteiger partial charge in [-0.3, -0.25) is 9.20 Å². The Morgan fingerprint density at radius 1 is 1.25 bits per heavy atom. The summed E-state index contributed by atoms with van der Waals surface area (Å²) in [4.78, 5) is 25.9. The minimum atomic E-state index is -4.48. The topological polar surface area (TPSA) is 82.4 Å². The highest BCUT2D eigenvalue weighted by atomic mass is 19.4. The molecule has 2 heterocycles. The maximum Gasteiger partial charge on any atom is 0.416 e. The standard InChI is InChI=1S/C14H9F3N4O3/c15-14(16,17)10-3-1-2-9(6-10)7-20-5-4-19-8-11(21(23)24)18-12(19)13(20)22/h1-6,8H,7H2. The Kier molecular flexibility index (Phi) is 3.59. The molecule has 0 radical (unpaired) electrons. The summed E-state index contributed by atoms with van der Waals surface area (Å²) in [5.41, 5.74) is -1.35. The minimum absolute atomic E-state index is 0.111. The van der Waals surface area contributed by atoms with Crippen LogP contribution in [-0.2, 0) is 12.7 Å². The number of imidazole rings is 1. The molecule has 0 saturated heterocycles. The predicted octanol–water partition coefficient (Wildman–Crippen LogP) is 2.47. The summed E-state index contributed by atoms with van der Waals surface area (Å²) < 4.78 is 40.5. The first kappa shape index (κ1) is 15.7. The summed E-state index contributed by atoms with van der Waals surface area (Å²) in [5, 5.41) is 10.7. The van der Waals surface area contributed by atoms with Crippen LogP contribution in [0.1, 0.15) is 11.1 Å². The predicted molar refractivity (Wildman–Crippen MR) is 76.7 cm³/mol. The number of fused-ring (bicyclic) bond motifs is 1. The first-order valence-corrected chi connectivity index (χ1v) is 6.64. The van der Waals surface area contributed by atoms with E-state index in [1.54, 1.807) is 0 Å². The summed E-state index contributed by atoms with van der Waals surface area (Å²) in [7, 11) is 0. The molecule has 0 aliphatic heterocycles. The Morgan fingerprint density at radius 3 is 2.67 bits per heavy atom. The van der Waals surface area contributed by atoms with Crippen LogP contribution in [0.5, 0.6) is 0 Å². The van der Waals surface area contributed by atoms with Crippen LogP contribution < -0.4 is 5.56 Å². The average Bonchev–Trinajstić information content (AvgIpc) is 2.95. The lowest BCUT2D eigenvalue weighted by molar-refractivity contribution is -0.389. The van der Waals surface area contributed by atoms with Crippen LogP contribution in [0, 0.1) is 10.1 Å². The van der Waals surface area contributed by atoms with Crippen molar-refractivity contribution in [3.63, 3.8) is 0 Å². The van der Waals surface area contributed by atoms with Crippen molar-refractivity contribution in [2.24, 2.45) is 0 Å². The third-order valence-electron chi connectivity index (χ3n) is 3.37. The number of nitro groups is 1. The van der Waals surface area contributed by atoms with Gasteiger partial charge in [-0.1, -0.05) is 12.1 Å². The van der Waals surface area contributed by atoms with Crippen LogP contribution in [0.3, 0.4) is 0 Å². The first-order chi connectivity index (χ1) is 11.3. The highest BCUT2D eigenvalue weighted by Crippen LogP contribution is 2.29. The van der Waals surface area contributed by atoms with Crippen molar-refractivity contribution in [2.45, 2.75) is 12.7 Å². The van der Waals surface area contributed by atoms with Crippen LogP contribution in [0.2, 0.25) is 0 Å². The molecule has 0 bridgehead atoms. The molecular formula is C14H9F3N4O3. The number of halogens is 3. The van der Waals surface area contributed by atoms with Crippen molar-refractivity contribution in [2.75, 3.05) is 0 Å². The number of hydrogen-bond acceptors (Lipinski definition) is 4. The molecule has 1 aromatic carbocycles. The zero-order valence-corrected chi connectivity index (χ0v) is 11.9. The van der Waals surface area contributed by atoms with E-state index in [1.165, 1.54) is 28.9 Å². The third-order valence-corrected chi connectivity index (χ3v) is 3.37. The van der Waals surface area contributed by atoms with Gasteiger partial charge in [0.05, 0.1) is 12.1 Å². The average molecular weight is 338 g/mol. The number of hydrogen-bond donors (Lipinski definition) is 0. The Labute approximate surface area is 131 Å². The lowest BCUT2D eigenvalue weighted by Gasteiger charge is -2.09. The molecule has 3 aromatic rings. The van der Waals surface area contributed by atoms with Gasteiger partial charge >= 0.3 is 23.2 Å². The van der Waals surface area contributed by atoms with Gasteiger partial charge in [-0.05, 0) is 27.6 Å². The molecule has 0 amide bonds.